The van der Waals surface area contributed by atoms with Crippen molar-refractivity contribution in [1.82, 2.24) is 9.97 Å². The summed E-state index contributed by atoms with van der Waals surface area (Å²) in [5.74, 6) is -1.53. The normalized spacial score (nSPS) is 11.3. The molecule has 0 radical (unpaired) electrons. The van der Waals surface area contributed by atoms with Crippen LogP contribution < -0.4 is 10.9 Å². The minimum Gasteiger partial charge on any atom is -0.465 e. The van der Waals surface area contributed by atoms with Crippen LogP contribution in [0.2, 0.25) is 0 Å². The first-order valence-corrected chi connectivity index (χ1v) is 6.95. The molecule has 1 amide bonds. The van der Waals surface area contributed by atoms with Crippen molar-refractivity contribution in [2.75, 3.05) is 12.4 Å². The second-order valence-corrected chi connectivity index (χ2v) is 5.20. The number of esters is 1. The summed E-state index contributed by atoms with van der Waals surface area (Å²) in [5.41, 5.74) is -1.88. The molecule has 0 saturated carbocycles. The second kappa shape index (κ2) is 6.46. The summed E-state index contributed by atoms with van der Waals surface area (Å²) in [6.45, 7) is 3.01. The van der Waals surface area contributed by atoms with Crippen molar-refractivity contribution in [3.05, 3.63) is 50.7 Å². The zero-order valence-corrected chi connectivity index (χ0v) is 13.4. The third-order valence-corrected chi connectivity index (χ3v) is 3.53. The van der Waals surface area contributed by atoms with Crippen molar-refractivity contribution >= 4 is 17.6 Å². The van der Waals surface area contributed by atoms with E-state index in [2.05, 4.69) is 15.0 Å². The van der Waals surface area contributed by atoms with Gasteiger partial charge in [-0.3, -0.25) is 9.59 Å². The lowest BCUT2D eigenvalue weighted by molar-refractivity contribution is -0.137. The number of carbonyl (C=O) groups excluding carboxylic acids is 2. The standard InChI is InChI=1S/C15H14F3N3O4/c1-6-10(14(24)25-3)7(2)20-11(6)13(23)21-9-4-8(15(16,17)18)5-19-12(9)22/h4-5,20H,1-3H3,(H,19,22)(H,21,23). The van der Waals surface area contributed by atoms with Crippen LogP contribution in [0.1, 0.15) is 37.7 Å². The number of nitrogens with one attached hydrogen (secondary N) is 3. The molecule has 2 heterocycles. The highest BCUT2D eigenvalue weighted by Crippen LogP contribution is 2.29. The minimum absolute atomic E-state index is 0.0605. The van der Waals surface area contributed by atoms with Crippen molar-refractivity contribution in [1.29, 1.82) is 0 Å². The van der Waals surface area contributed by atoms with Gasteiger partial charge in [-0.1, -0.05) is 0 Å². The maximum absolute atomic E-state index is 12.7. The summed E-state index contributed by atoms with van der Waals surface area (Å²) < 4.78 is 42.8. The average molecular weight is 357 g/mol. The Morgan fingerprint density at radius 3 is 2.44 bits per heavy atom. The Labute approximate surface area is 139 Å². The molecular formula is C15H14F3N3O4. The van der Waals surface area contributed by atoms with Gasteiger partial charge in [-0.2, -0.15) is 13.2 Å². The number of hydrogen-bond acceptors (Lipinski definition) is 4. The lowest BCUT2D eigenvalue weighted by Gasteiger charge is -2.09. The van der Waals surface area contributed by atoms with Crippen LogP contribution in [0, 0.1) is 13.8 Å². The van der Waals surface area contributed by atoms with Crippen molar-refractivity contribution in [3.63, 3.8) is 0 Å². The van der Waals surface area contributed by atoms with E-state index in [0.717, 1.165) is 0 Å². The Bertz CT molecular complexity index is 896. The number of halogens is 3. The van der Waals surface area contributed by atoms with Crippen LogP contribution in [-0.2, 0) is 10.9 Å². The van der Waals surface area contributed by atoms with Crippen LogP contribution in [0.5, 0.6) is 0 Å². The summed E-state index contributed by atoms with van der Waals surface area (Å²) in [4.78, 5) is 40.2. The third kappa shape index (κ3) is 3.57. The molecule has 0 atom stereocenters. The number of rotatable bonds is 3. The van der Waals surface area contributed by atoms with E-state index < -0.39 is 34.9 Å². The molecule has 0 fully saturated rings. The summed E-state index contributed by atoms with van der Waals surface area (Å²) in [7, 11) is 1.18. The first-order chi connectivity index (χ1) is 11.6. The Morgan fingerprint density at radius 2 is 1.88 bits per heavy atom. The van der Waals surface area contributed by atoms with Crippen LogP contribution in [-0.4, -0.2) is 29.0 Å². The van der Waals surface area contributed by atoms with Crippen LogP contribution in [0.25, 0.3) is 0 Å². The van der Waals surface area contributed by atoms with Gasteiger partial charge in [0, 0.05) is 11.9 Å². The van der Waals surface area contributed by atoms with Crippen LogP contribution in [0.15, 0.2) is 17.1 Å². The van der Waals surface area contributed by atoms with Crippen molar-refractivity contribution in [2.24, 2.45) is 0 Å². The van der Waals surface area contributed by atoms with Gasteiger partial charge in [-0.25, -0.2) is 4.79 Å². The molecule has 0 spiro atoms. The molecule has 7 nitrogen and oxygen atoms in total. The molecule has 3 N–H and O–H groups in total. The largest absolute Gasteiger partial charge is 0.465 e. The highest BCUT2D eigenvalue weighted by molar-refractivity contribution is 6.06. The fourth-order valence-corrected chi connectivity index (χ4v) is 2.31. The van der Waals surface area contributed by atoms with E-state index in [1.165, 1.54) is 21.0 Å². The molecule has 0 saturated heterocycles. The summed E-state index contributed by atoms with van der Waals surface area (Å²) >= 11 is 0. The number of pyridine rings is 1. The van der Waals surface area contributed by atoms with Crippen LogP contribution >= 0.6 is 0 Å². The predicted octanol–water partition coefficient (Wildman–Crippen LogP) is 2.38. The summed E-state index contributed by atoms with van der Waals surface area (Å²) in [5, 5.41) is 2.11. The first-order valence-electron chi connectivity index (χ1n) is 6.95. The van der Waals surface area contributed by atoms with E-state index in [0.29, 0.717) is 18.0 Å². The quantitative estimate of drug-likeness (QED) is 0.734. The molecule has 0 bridgehead atoms. The number of alkyl halides is 3. The van der Waals surface area contributed by atoms with E-state index in [1.54, 1.807) is 0 Å². The number of amides is 1. The number of methoxy groups -OCH3 is 1. The van der Waals surface area contributed by atoms with Gasteiger partial charge in [-0.15, -0.1) is 0 Å². The number of aromatic amines is 2. The van der Waals surface area contributed by atoms with Gasteiger partial charge in [0.15, 0.2) is 0 Å². The van der Waals surface area contributed by atoms with E-state index in [9.17, 15) is 27.6 Å². The SMILES string of the molecule is COC(=O)c1c(C)[nH]c(C(=O)Nc2cc(C(F)(F)F)c[nH]c2=O)c1C. The van der Waals surface area contributed by atoms with Gasteiger partial charge in [0.25, 0.3) is 11.5 Å². The Kier molecular flexibility index (Phi) is 4.73. The lowest BCUT2D eigenvalue weighted by Crippen LogP contribution is -2.22. The van der Waals surface area contributed by atoms with Crippen molar-refractivity contribution in [2.45, 2.75) is 20.0 Å². The van der Waals surface area contributed by atoms with Crippen molar-refractivity contribution in [3.8, 4) is 0 Å². The van der Waals surface area contributed by atoms with Gasteiger partial charge in [0.2, 0.25) is 0 Å². The number of H-pyrrole nitrogens is 2. The molecule has 25 heavy (non-hydrogen) atoms. The predicted molar refractivity (Wildman–Crippen MR) is 81.6 cm³/mol. The molecule has 2 aromatic rings. The molecule has 0 aliphatic heterocycles. The van der Waals surface area contributed by atoms with Gasteiger partial charge < -0.3 is 20.0 Å². The molecule has 2 aromatic heterocycles. The second-order valence-electron chi connectivity index (χ2n) is 5.20. The number of aryl methyl sites for hydroxylation is 1. The number of aromatic nitrogens is 2. The molecule has 134 valence electrons. The number of hydrogen-bond donors (Lipinski definition) is 3. The molecule has 0 aromatic carbocycles. The number of ether oxygens (including phenoxy) is 1. The molecule has 10 heteroatoms. The molecule has 0 unspecified atom stereocenters. The minimum atomic E-state index is -4.68. The van der Waals surface area contributed by atoms with Gasteiger partial charge in [0.05, 0.1) is 18.2 Å². The van der Waals surface area contributed by atoms with E-state index in [4.69, 9.17) is 0 Å². The molecular weight excluding hydrogens is 343 g/mol. The lowest BCUT2D eigenvalue weighted by atomic mass is 10.1. The monoisotopic (exact) mass is 357 g/mol. The zero-order valence-electron chi connectivity index (χ0n) is 13.4. The van der Waals surface area contributed by atoms with Gasteiger partial charge in [0.1, 0.15) is 11.4 Å². The smallest absolute Gasteiger partial charge is 0.417 e. The Morgan fingerprint density at radius 1 is 1.24 bits per heavy atom. The maximum atomic E-state index is 12.7. The average Bonchev–Trinajstić information content (AvgIpc) is 2.82. The highest BCUT2D eigenvalue weighted by atomic mass is 19.4. The van der Waals surface area contributed by atoms with E-state index >= 15 is 0 Å². The number of carbonyl (C=O) groups is 2. The first kappa shape index (κ1) is 18.3. The molecule has 2 rings (SSSR count). The van der Waals surface area contributed by atoms with Crippen LogP contribution in [0.4, 0.5) is 18.9 Å². The summed E-state index contributed by atoms with van der Waals surface area (Å²) in [6.07, 6.45) is -4.17. The van der Waals surface area contributed by atoms with Crippen LogP contribution in [0.3, 0.4) is 0 Å². The Balaban J connectivity index is 2.39. The molecule has 0 aliphatic carbocycles. The maximum Gasteiger partial charge on any atom is 0.417 e. The third-order valence-electron chi connectivity index (χ3n) is 3.53. The fraction of sp³-hybridized carbons (Fsp3) is 0.267. The van der Waals surface area contributed by atoms with Crippen molar-refractivity contribution < 1.29 is 27.5 Å². The topological polar surface area (TPSA) is 104 Å². The summed E-state index contributed by atoms with van der Waals surface area (Å²) in [6, 6.07) is 0.531. The van der Waals surface area contributed by atoms with Gasteiger partial charge in [-0.05, 0) is 25.5 Å². The van der Waals surface area contributed by atoms with E-state index in [1.807, 2.05) is 4.98 Å². The number of anilines is 1. The fourth-order valence-electron chi connectivity index (χ4n) is 2.31. The Hall–Kier alpha value is -3.04. The van der Waals surface area contributed by atoms with Gasteiger partial charge >= 0.3 is 12.1 Å². The van der Waals surface area contributed by atoms with E-state index in [-0.39, 0.29) is 16.8 Å². The highest BCUT2D eigenvalue weighted by Gasteiger charge is 2.32. The zero-order chi connectivity index (χ0) is 18.9. The molecule has 0 aliphatic rings.